The Morgan fingerprint density at radius 1 is 1.20 bits per heavy atom. The van der Waals surface area contributed by atoms with Crippen molar-refractivity contribution in [2.24, 2.45) is 11.1 Å². The number of rotatable bonds is 4. The van der Waals surface area contributed by atoms with E-state index in [4.69, 9.17) is 10.5 Å². The average molecular weight is 207 g/mol. The van der Waals surface area contributed by atoms with Gasteiger partial charge in [0.15, 0.2) is 0 Å². The van der Waals surface area contributed by atoms with Gasteiger partial charge in [0, 0.05) is 6.04 Å². The number of ether oxygens (including phenoxy) is 1. The molecular formula is C13H21NO. The molecule has 2 nitrogen and oxygen atoms in total. The van der Waals surface area contributed by atoms with Gasteiger partial charge < -0.3 is 10.5 Å². The highest BCUT2D eigenvalue weighted by Gasteiger charge is 2.19. The molecule has 15 heavy (non-hydrogen) atoms. The number of nitrogens with two attached hydrogens (primary N) is 1. The molecule has 0 saturated heterocycles. The molecule has 0 amide bonds. The molecule has 0 saturated carbocycles. The Labute approximate surface area is 92.4 Å². The molecule has 1 rings (SSSR count). The van der Waals surface area contributed by atoms with Gasteiger partial charge in [-0.2, -0.15) is 0 Å². The number of hydrogen-bond acceptors (Lipinski definition) is 2. The first kappa shape index (κ1) is 12.1. The summed E-state index contributed by atoms with van der Waals surface area (Å²) in [5.74, 6) is 0.915. The summed E-state index contributed by atoms with van der Waals surface area (Å²) in [4.78, 5) is 0. The maximum atomic E-state index is 6.03. The number of benzene rings is 1. The monoisotopic (exact) mass is 207 g/mol. The van der Waals surface area contributed by atoms with Crippen molar-refractivity contribution in [1.29, 1.82) is 0 Å². The zero-order chi connectivity index (χ0) is 11.3. The van der Waals surface area contributed by atoms with Crippen molar-refractivity contribution in [3.8, 4) is 5.75 Å². The van der Waals surface area contributed by atoms with Gasteiger partial charge in [-0.05, 0) is 24.0 Å². The molecule has 0 aliphatic heterocycles. The van der Waals surface area contributed by atoms with Gasteiger partial charge in [-0.3, -0.25) is 0 Å². The smallest absolute Gasteiger partial charge is 0.119 e. The van der Waals surface area contributed by atoms with Crippen molar-refractivity contribution in [2.75, 3.05) is 6.61 Å². The Bertz CT molecular complexity index is 276. The van der Waals surface area contributed by atoms with Crippen molar-refractivity contribution < 1.29 is 4.74 Å². The summed E-state index contributed by atoms with van der Waals surface area (Å²) >= 11 is 0. The van der Waals surface area contributed by atoms with Crippen molar-refractivity contribution in [3.63, 3.8) is 0 Å². The Kier molecular flexibility index (Phi) is 4.15. The molecule has 0 aliphatic carbocycles. The molecule has 0 aliphatic rings. The van der Waals surface area contributed by atoms with Crippen LogP contribution in [0.1, 0.15) is 27.2 Å². The van der Waals surface area contributed by atoms with Crippen LogP contribution in [0.15, 0.2) is 30.3 Å². The van der Waals surface area contributed by atoms with Crippen LogP contribution in [0.25, 0.3) is 0 Å². The lowest BCUT2D eigenvalue weighted by Crippen LogP contribution is -2.36. The highest BCUT2D eigenvalue weighted by molar-refractivity contribution is 5.20. The molecule has 0 aromatic heterocycles. The quantitative estimate of drug-likeness (QED) is 0.824. The van der Waals surface area contributed by atoms with Gasteiger partial charge in [0.25, 0.3) is 0 Å². The molecule has 0 heterocycles. The molecule has 0 radical (unpaired) electrons. The highest BCUT2D eigenvalue weighted by Crippen LogP contribution is 2.20. The van der Waals surface area contributed by atoms with E-state index >= 15 is 0 Å². The van der Waals surface area contributed by atoms with Crippen LogP contribution in [0.2, 0.25) is 0 Å². The normalized spacial score (nSPS) is 13.6. The fourth-order valence-corrected chi connectivity index (χ4v) is 1.25. The van der Waals surface area contributed by atoms with E-state index in [1.807, 2.05) is 30.3 Å². The second-order valence-electron chi connectivity index (χ2n) is 4.92. The largest absolute Gasteiger partial charge is 0.494 e. The third kappa shape index (κ3) is 4.34. The highest BCUT2D eigenvalue weighted by atomic mass is 16.5. The molecule has 0 spiro atoms. The molecule has 2 heteroatoms. The van der Waals surface area contributed by atoms with Crippen LogP contribution < -0.4 is 10.5 Å². The van der Waals surface area contributed by atoms with Crippen LogP contribution in [0.3, 0.4) is 0 Å². The summed E-state index contributed by atoms with van der Waals surface area (Å²) in [7, 11) is 0. The second kappa shape index (κ2) is 5.17. The molecule has 0 fully saturated rings. The van der Waals surface area contributed by atoms with E-state index in [0.717, 1.165) is 12.2 Å². The van der Waals surface area contributed by atoms with Crippen LogP contribution in [0.5, 0.6) is 5.75 Å². The van der Waals surface area contributed by atoms with E-state index in [1.54, 1.807) is 0 Å². The standard InChI is InChI=1S/C13H21NO/c1-13(2,3)12(14)9-10-15-11-7-5-4-6-8-11/h4-8,12H,9-10,14H2,1-3H3. The van der Waals surface area contributed by atoms with E-state index in [9.17, 15) is 0 Å². The fraction of sp³-hybridized carbons (Fsp3) is 0.538. The third-order valence-electron chi connectivity index (χ3n) is 2.55. The maximum Gasteiger partial charge on any atom is 0.119 e. The first-order valence-electron chi connectivity index (χ1n) is 5.43. The van der Waals surface area contributed by atoms with Crippen molar-refractivity contribution in [2.45, 2.75) is 33.2 Å². The molecule has 1 aromatic carbocycles. The minimum Gasteiger partial charge on any atom is -0.494 e. The van der Waals surface area contributed by atoms with E-state index < -0.39 is 0 Å². The third-order valence-corrected chi connectivity index (χ3v) is 2.55. The van der Waals surface area contributed by atoms with Crippen LogP contribution in [-0.2, 0) is 0 Å². The summed E-state index contributed by atoms with van der Waals surface area (Å²) in [5.41, 5.74) is 6.19. The summed E-state index contributed by atoms with van der Waals surface area (Å²) in [6, 6.07) is 10.0. The molecule has 2 N–H and O–H groups in total. The first-order valence-corrected chi connectivity index (χ1v) is 5.43. The first-order chi connectivity index (χ1) is 7.00. The predicted octanol–water partition coefficient (Wildman–Crippen LogP) is 2.83. The van der Waals surface area contributed by atoms with Gasteiger partial charge >= 0.3 is 0 Å². The van der Waals surface area contributed by atoms with E-state index in [0.29, 0.717) is 6.61 Å². The van der Waals surface area contributed by atoms with E-state index in [-0.39, 0.29) is 11.5 Å². The van der Waals surface area contributed by atoms with Crippen molar-refractivity contribution in [1.82, 2.24) is 0 Å². The predicted molar refractivity (Wildman–Crippen MR) is 64.0 cm³/mol. The lowest BCUT2D eigenvalue weighted by molar-refractivity contribution is 0.239. The minimum atomic E-state index is 0.153. The molecular weight excluding hydrogens is 186 g/mol. The summed E-state index contributed by atoms with van der Waals surface area (Å²) in [6.07, 6.45) is 0.887. The molecule has 1 atom stereocenters. The van der Waals surface area contributed by atoms with Crippen LogP contribution >= 0.6 is 0 Å². The van der Waals surface area contributed by atoms with E-state index in [1.165, 1.54) is 0 Å². The van der Waals surface area contributed by atoms with Crippen LogP contribution in [0.4, 0.5) is 0 Å². The van der Waals surface area contributed by atoms with Gasteiger partial charge in [0.05, 0.1) is 6.61 Å². The average Bonchev–Trinajstić information content (AvgIpc) is 2.18. The van der Waals surface area contributed by atoms with Gasteiger partial charge in [0.1, 0.15) is 5.75 Å². The lowest BCUT2D eigenvalue weighted by Gasteiger charge is -2.26. The molecule has 1 unspecified atom stereocenters. The van der Waals surface area contributed by atoms with Crippen LogP contribution in [0, 0.1) is 5.41 Å². The Morgan fingerprint density at radius 3 is 2.33 bits per heavy atom. The number of hydrogen-bond donors (Lipinski definition) is 1. The minimum absolute atomic E-state index is 0.153. The van der Waals surface area contributed by atoms with Gasteiger partial charge in [0.2, 0.25) is 0 Å². The topological polar surface area (TPSA) is 35.2 Å². The van der Waals surface area contributed by atoms with E-state index in [2.05, 4.69) is 20.8 Å². The molecule has 0 bridgehead atoms. The fourth-order valence-electron chi connectivity index (χ4n) is 1.25. The Balaban J connectivity index is 2.28. The Morgan fingerprint density at radius 2 is 1.80 bits per heavy atom. The zero-order valence-electron chi connectivity index (χ0n) is 9.86. The van der Waals surface area contributed by atoms with Crippen molar-refractivity contribution in [3.05, 3.63) is 30.3 Å². The Hall–Kier alpha value is -1.02. The number of para-hydroxylation sites is 1. The summed E-state index contributed by atoms with van der Waals surface area (Å²) in [5, 5.41) is 0. The van der Waals surface area contributed by atoms with Gasteiger partial charge in [-0.25, -0.2) is 0 Å². The van der Waals surface area contributed by atoms with Gasteiger partial charge in [-0.1, -0.05) is 39.0 Å². The molecule has 1 aromatic rings. The lowest BCUT2D eigenvalue weighted by atomic mass is 9.86. The van der Waals surface area contributed by atoms with Gasteiger partial charge in [-0.15, -0.1) is 0 Å². The zero-order valence-corrected chi connectivity index (χ0v) is 9.86. The van der Waals surface area contributed by atoms with Crippen LogP contribution in [-0.4, -0.2) is 12.6 Å². The molecule has 84 valence electrons. The SMILES string of the molecule is CC(C)(C)C(N)CCOc1ccccc1. The summed E-state index contributed by atoms with van der Waals surface area (Å²) in [6.45, 7) is 7.14. The van der Waals surface area contributed by atoms with Crippen molar-refractivity contribution >= 4 is 0 Å². The summed E-state index contributed by atoms with van der Waals surface area (Å²) < 4.78 is 5.59. The second-order valence-corrected chi connectivity index (χ2v) is 4.92. The maximum absolute atomic E-state index is 6.03.